The third-order valence-corrected chi connectivity index (χ3v) is 11.3. The number of hydrogen-bond acceptors (Lipinski definition) is 1. The van der Waals surface area contributed by atoms with Gasteiger partial charge in [0.15, 0.2) is 0 Å². The van der Waals surface area contributed by atoms with Gasteiger partial charge in [0.1, 0.15) is 0 Å². The summed E-state index contributed by atoms with van der Waals surface area (Å²) in [4.78, 5) is 0. The maximum absolute atomic E-state index is 2.39. The lowest BCUT2D eigenvalue weighted by molar-refractivity contribution is 1.57. The highest BCUT2D eigenvalue weighted by atomic mass is 32.1. The van der Waals surface area contributed by atoms with Gasteiger partial charge in [-0.15, -0.1) is 11.3 Å². The van der Waals surface area contributed by atoms with Crippen molar-refractivity contribution in [1.82, 2.24) is 0 Å². The number of fused-ring (bicyclic) bond motifs is 3. The zero-order chi connectivity index (χ0) is 28.0. The number of benzene rings is 6. The highest BCUT2D eigenvalue weighted by Crippen LogP contribution is 2.37. The molecule has 198 valence electrons. The molecule has 0 spiro atoms. The summed E-state index contributed by atoms with van der Waals surface area (Å²) in [6, 6.07) is 51.6. The van der Waals surface area contributed by atoms with Gasteiger partial charge in [0.2, 0.25) is 0 Å². The van der Waals surface area contributed by atoms with Gasteiger partial charge in [-0.05, 0) is 68.8 Å². The summed E-state index contributed by atoms with van der Waals surface area (Å²) in [5.41, 5.74) is 9.99. The number of hydrogen-bond donors (Lipinski definition) is 0. The minimum Gasteiger partial charge on any atom is -0.135 e. The molecule has 7 aromatic rings. The Bertz CT molecular complexity index is 1990. The Hall–Kier alpha value is -4.24. The summed E-state index contributed by atoms with van der Waals surface area (Å²) in [5.74, 6) is 0. The van der Waals surface area contributed by atoms with Crippen LogP contribution in [0, 0.1) is 0 Å². The molecule has 1 heterocycles. The maximum atomic E-state index is 2.39. The summed E-state index contributed by atoms with van der Waals surface area (Å²) >= 11 is 1.87. The molecule has 0 atom stereocenters. The van der Waals surface area contributed by atoms with Gasteiger partial charge in [-0.2, -0.15) is 0 Å². The van der Waals surface area contributed by atoms with E-state index in [-0.39, 0.29) is 0 Å². The number of thiophene rings is 1. The highest BCUT2D eigenvalue weighted by Gasteiger charge is 2.15. The first kappa shape index (κ1) is 25.7. The SMILES string of the molecule is C[Si](C)(C)c1ccc(-c2ccc(-c3cccc(-c4ccc(-c5ccc6sc7ccccc7c6c5)cc4)c3)cc2)cc1. The van der Waals surface area contributed by atoms with Crippen molar-refractivity contribution < 1.29 is 0 Å². The van der Waals surface area contributed by atoms with E-state index in [1.165, 1.54) is 69.9 Å². The Morgan fingerprint density at radius 2 is 0.805 bits per heavy atom. The monoisotopic (exact) mass is 560 g/mol. The van der Waals surface area contributed by atoms with Crippen molar-refractivity contribution in [1.29, 1.82) is 0 Å². The number of rotatable bonds is 5. The van der Waals surface area contributed by atoms with E-state index >= 15 is 0 Å². The van der Waals surface area contributed by atoms with E-state index in [0.717, 1.165) is 0 Å². The summed E-state index contributed by atoms with van der Waals surface area (Å²) in [6.07, 6.45) is 0. The topological polar surface area (TPSA) is 0 Å². The van der Waals surface area contributed by atoms with Gasteiger partial charge in [0.05, 0.1) is 8.07 Å². The molecule has 1 aromatic heterocycles. The van der Waals surface area contributed by atoms with E-state index in [2.05, 4.69) is 159 Å². The normalized spacial score (nSPS) is 11.8. The standard InChI is InChI=1S/C39H32SSi/c1-41(2,3)35-22-19-28(20-23-35)27-11-13-29(14-12-27)32-7-6-8-33(25-32)30-15-17-31(18-16-30)34-21-24-39-37(26-34)36-9-4-5-10-38(36)40-39/h4-26H,1-3H3. The average molecular weight is 561 g/mol. The molecular weight excluding hydrogens is 529 g/mol. The van der Waals surface area contributed by atoms with Crippen LogP contribution < -0.4 is 5.19 Å². The van der Waals surface area contributed by atoms with Gasteiger partial charge in [-0.3, -0.25) is 0 Å². The van der Waals surface area contributed by atoms with Crippen LogP contribution >= 0.6 is 11.3 Å². The van der Waals surface area contributed by atoms with E-state index in [1.54, 1.807) is 0 Å². The molecule has 0 aliphatic rings. The maximum Gasteiger partial charge on any atom is 0.0775 e. The molecule has 0 nitrogen and oxygen atoms in total. The van der Waals surface area contributed by atoms with Crippen molar-refractivity contribution in [2.45, 2.75) is 19.6 Å². The van der Waals surface area contributed by atoms with Crippen molar-refractivity contribution in [2.24, 2.45) is 0 Å². The largest absolute Gasteiger partial charge is 0.135 e. The third kappa shape index (κ3) is 5.06. The molecular formula is C39H32SSi. The van der Waals surface area contributed by atoms with Crippen LogP contribution in [0.3, 0.4) is 0 Å². The molecule has 0 fully saturated rings. The van der Waals surface area contributed by atoms with Crippen LogP contribution in [-0.2, 0) is 0 Å². The van der Waals surface area contributed by atoms with E-state index in [9.17, 15) is 0 Å². The lowest BCUT2D eigenvalue weighted by atomic mass is 9.96. The second-order valence-corrected chi connectivity index (χ2v) is 18.0. The molecule has 0 amide bonds. The second kappa shape index (κ2) is 10.3. The average Bonchev–Trinajstić information content (AvgIpc) is 3.39. The van der Waals surface area contributed by atoms with Crippen molar-refractivity contribution in [3.05, 3.63) is 140 Å². The lowest BCUT2D eigenvalue weighted by Crippen LogP contribution is -2.37. The summed E-state index contributed by atoms with van der Waals surface area (Å²) in [7, 11) is -1.28. The van der Waals surface area contributed by atoms with E-state index in [1.807, 2.05) is 11.3 Å². The molecule has 6 aromatic carbocycles. The first-order chi connectivity index (χ1) is 19.9. The fourth-order valence-electron chi connectivity index (χ4n) is 5.66. The van der Waals surface area contributed by atoms with Gasteiger partial charge < -0.3 is 0 Å². The molecule has 0 saturated heterocycles. The smallest absolute Gasteiger partial charge is 0.0775 e. The van der Waals surface area contributed by atoms with Crippen LogP contribution in [0.25, 0.3) is 64.7 Å². The van der Waals surface area contributed by atoms with E-state index < -0.39 is 8.07 Å². The van der Waals surface area contributed by atoms with Crippen molar-refractivity contribution in [3.63, 3.8) is 0 Å². The fourth-order valence-corrected chi connectivity index (χ4v) is 7.91. The van der Waals surface area contributed by atoms with Crippen LogP contribution in [0.5, 0.6) is 0 Å². The van der Waals surface area contributed by atoms with Crippen molar-refractivity contribution >= 4 is 44.8 Å². The minimum absolute atomic E-state index is 1.23. The van der Waals surface area contributed by atoms with Crippen LogP contribution in [0.2, 0.25) is 19.6 Å². The molecule has 41 heavy (non-hydrogen) atoms. The minimum atomic E-state index is -1.28. The lowest BCUT2D eigenvalue weighted by Gasteiger charge is -2.16. The molecule has 0 unspecified atom stereocenters. The van der Waals surface area contributed by atoms with Gasteiger partial charge in [0.25, 0.3) is 0 Å². The summed E-state index contributed by atoms with van der Waals surface area (Å²) < 4.78 is 2.69. The predicted molar refractivity (Wildman–Crippen MR) is 184 cm³/mol. The Balaban J connectivity index is 1.13. The van der Waals surface area contributed by atoms with Gasteiger partial charge >= 0.3 is 0 Å². The van der Waals surface area contributed by atoms with Crippen molar-refractivity contribution in [2.75, 3.05) is 0 Å². The van der Waals surface area contributed by atoms with Crippen molar-refractivity contribution in [3.8, 4) is 44.5 Å². The van der Waals surface area contributed by atoms with Gasteiger partial charge in [0, 0.05) is 20.2 Å². The Labute approximate surface area is 247 Å². The fraction of sp³-hybridized carbons (Fsp3) is 0.0769. The van der Waals surface area contributed by atoms with Gasteiger partial charge in [-0.25, -0.2) is 0 Å². The van der Waals surface area contributed by atoms with Crippen LogP contribution in [0.4, 0.5) is 0 Å². The second-order valence-electron chi connectivity index (χ2n) is 11.9. The van der Waals surface area contributed by atoms with Crippen LogP contribution in [-0.4, -0.2) is 8.07 Å². The third-order valence-electron chi connectivity index (χ3n) is 8.09. The molecule has 0 radical (unpaired) electrons. The molecule has 0 aliphatic heterocycles. The molecule has 0 saturated carbocycles. The summed E-state index contributed by atoms with van der Waals surface area (Å²) in [6.45, 7) is 7.18. The molecule has 7 rings (SSSR count). The molecule has 2 heteroatoms. The van der Waals surface area contributed by atoms with E-state index in [4.69, 9.17) is 0 Å². The van der Waals surface area contributed by atoms with Crippen LogP contribution in [0.15, 0.2) is 140 Å². The zero-order valence-corrected chi connectivity index (χ0v) is 25.5. The molecule has 0 aliphatic carbocycles. The first-order valence-corrected chi connectivity index (χ1v) is 18.6. The predicted octanol–water partition coefficient (Wildman–Crippen LogP) is 11.3. The van der Waals surface area contributed by atoms with Crippen LogP contribution in [0.1, 0.15) is 0 Å². The highest BCUT2D eigenvalue weighted by molar-refractivity contribution is 7.25. The Morgan fingerprint density at radius 3 is 1.37 bits per heavy atom. The first-order valence-electron chi connectivity index (χ1n) is 14.3. The van der Waals surface area contributed by atoms with Gasteiger partial charge in [-0.1, -0.05) is 140 Å². The molecule has 0 bridgehead atoms. The summed E-state index contributed by atoms with van der Waals surface area (Å²) in [5, 5.41) is 4.19. The molecule has 0 N–H and O–H groups in total. The zero-order valence-electron chi connectivity index (χ0n) is 23.7. The quantitative estimate of drug-likeness (QED) is 0.184. The Kier molecular flexibility index (Phi) is 6.46. The van der Waals surface area contributed by atoms with E-state index in [0.29, 0.717) is 0 Å². The Morgan fingerprint density at radius 1 is 0.366 bits per heavy atom.